The molecule has 0 aromatic rings. The summed E-state index contributed by atoms with van der Waals surface area (Å²) >= 11 is 0. The van der Waals surface area contributed by atoms with Crippen LogP contribution in [0.3, 0.4) is 0 Å². The van der Waals surface area contributed by atoms with Gasteiger partial charge in [-0.1, -0.05) is 6.92 Å². The van der Waals surface area contributed by atoms with Crippen LogP contribution in [-0.4, -0.2) is 47.6 Å². The highest BCUT2D eigenvalue weighted by atomic mass is 16.3. The van der Waals surface area contributed by atoms with Crippen molar-refractivity contribution < 1.29 is 14.7 Å². The fourth-order valence-corrected chi connectivity index (χ4v) is 1.85. The first-order chi connectivity index (χ1) is 7.67. The first-order valence-electron chi connectivity index (χ1n) is 5.85. The quantitative estimate of drug-likeness (QED) is 0.666. The molecular formula is C11H20N2O3. The molecule has 0 aromatic heterocycles. The van der Waals surface area contributed by atoms with Gasteiger partial charge in [-0.05, 0) is 19.3 Å². The normalized spacial score (nSPS) is 17.6. The number of carbonyl (C=O) groups excluding carboxylic acids is 2. The molecular weight excluding hydrogens is 208 g/mol. The van der Waals surface area contributed by atoms with Gasteiger partial charge in [0.25, 0.3) is 0 Å². The number of carbonyl (C=O) groups is 2. The molecule has 1 unspecified atom stereocenters. The summed E-state index contributed by atoms with van der Waals surface area (Å²) in [4.78, 5) is 24.5. The molecule has 2 N–H and O–H groups in total. The predicted molar refractivity (Wildman–Crippen MR) is 59.7 cm³/mol. The van der Waals surface area contributed by atoms with Crippen molar-refractivity contribution in [2.75, 3.05) is 19.7 Å². The molecule has 0 aromatic carbocycles. The van der Waals surface area contributed by atoms with Crippen LogP contribution in [0, 0.1) is 0 Å². The Balaban J connectivity index is 2.31. The second-order valence-corrected chi connectivity index (χ2v) is 4.10. The highest BCUT2D eigenvalue weighted by Crippen LogP contribution is 2.08. The van der Waals surface area contributed by atoms with Crippen molar-refractivity contribution in [3.8, 4) is 0 Å². The van der Waals surface area contributed by atoms with E-state index in [1.165, 1.54) is 0 Å². The zero-order valence-corrected chi connectivity index (χ0v) is 9.74. The molecule has 92 valence electrons. The number of nitrogens with zero attached hydrogens (tertiary/aromatic N) is 1. The predicted octanol–water partition coefficient (Wildman–Crippen LogP) is -0.114. The van der Waals surface area contributed by atoms with Crippen molar-refractivity contribution in [2.45, 2.75) is 38.6 Å². The maximum Gasteiger partial charge on any atom is 0.239 e. The number of amides is 2. The maximum absolute atomic E-state index is 11.6. The Bertz CT molecular complexity index is 256. The highest BCUT2D eigenvalue weighted by molar-refractivity contribution is 5.85. The minimum Gasteiger partial charge on any atom is -0.396 e. The summed E-state index contributed by atoms with van der Waals surface area (Å²) in [5, 5.41) is 11.6. The number of hydrogen-bond acceptors (Lipinski definition) is 3. The summed E-state index contributed by atoms with van der Waals surface area (Å²) in [7, 11) is 0. The Hall–Kier alpha value is -1.10. The van der Waals surface area contributed by atoms with Crippen molar-refractivity contribution in [1.82, 2.24) is 10.2 Å². The summed E-state index contributed by atoms with van der Waals surface area (Å²) in [5.74, 6) is -0.0686. The van der Waals surface area contributed by atoms with E-state index in [-0.39, 0.29) is 31.0 Å². The van der Waals surface area contributed by atoms with Crippen LogP contribution < -0.4 is 5.32 Å². The van der Waals surface area contributed by atoms with Gasteiger partial charge in [-0.25, -0.2) is 0 Å². The van der Waals surface area contributed by atoms with Gasteiger partial charge < -0.3 is 15.3 Å². The lowest BCUT2D eigenvalue weighted by Gasteiger charge is -2.19. The Morgan fingerprint density at radius 3 is 2.88 bits per heavy atom. The average molecular weight is 228 g/mol. The molecule has 0 aliphatic carbocycles. The van der Waals surface area contributed by atoms with Crippen LogP contribution in [0.25, 0.3) is 0 Å². The molecule has 1 aliphatic heterocycles. The number of rotatable bonds is 6. The van der Waals surface area contributed by atoms with E-state index in [1.807, 2.05) is 6.92 Å². The topological polar surface area (TPSA) is 69.6 Å². The first-order valence-corrected chi connectivity index (χ1v) is 5.85. The van der Waals surface area contributed by atoms with Gasteiger partial charge in [0.05, 0.1) is 6.54 Å². The largest absolute Gasteiger partial charge is 0.396 e. The molecule has 1 aliphatic rings. The van der Waals surface area contributed by atoms with Crippen LogP contribution in [0.4, 0.5) is 0 Å². The minimum atomic E-state index is -0.129. The SMILES string of the molecule is CCC(CCO)NC(=O)CN1CCCC1=O. The molecule has 0 saturated carbocycles. The maximum atomic E-state index is 11.6. The Labute approximate surface area is 95.8 Å². The van der Waals surface area contributed by atoms with E-state index in [1.54, 1.807) is 4.90 Å². The average Bonchev–Trinajstić information content (AvgIpc) is 2.64. The molecule has 16 heavy (non-hydrogen) atoms. The zero-order valence-electron chi connectivity index (χ0n) is 9.74. The molecule has 0 bridgehead atoms. The number of hydrogen-bond donors (Lipinski definition) is 2. The van der Waals surface area contributed by atoms with Gasteiger partial charge in [-0.3, -0.25) is 9.59 Å². The molecule has 1 rings (SSSR count). The fraction of sp³-hybridized carbons (Fsp3) is 0.818. The van der Waals surface area contributed by atoms with Crippen LogP contribution in [-0.2, 0) is 9.59 Å². The molecule has 1 saturated heterocycles. The number of likely N-dealkylation sites (tertiary alicyclic amines) is 1. The van der Waals surface area contributed by atoms with Gasteiger partial charge >= 0.3 is 0 Å². The molecule has 1 heterocycles. The summed E-state index contributed by atoms with van der Waals surface area (Å²) in [6, 6.07) is 0.00945. The van der Waals surface area contributed by atoms with Gasteiger partial charge in [0.15, 0.2) is 0 Å². The fourth-order valence-electron chi connectivity index (χ4n) is 1.85. The van der Waals surface area contributed by atoms with E-state index in [0.29, 0.717) is 19.4 Å². The van der Waals surface area contributed by atoms with E-state index < -0.39 is 0 Å². The van der Waals surface area contributed by atoms with Crippen molar-refractivity contribution in [1.29, 1.82) is 0 Å². The van der Waals surface area contributed by atoms with Crippen molar-refractivity contribution in [3.63, 3.8) is 0 Å². The highest BCUT2D eigenvalue weighted by Gasteiger charge is 2.22. The molecule has 0 spiro atoms. The third kappa shape index (κ3) is 3.81. The van der Waals surface area contributed by atoms with Crippen LogP contribution in [0.1, 0.15) is 32.6 Å². The van der Waals surface area contributed by atoms with Crippen LogP contribution in [0.15, 0.2) is 0 Å². The third-order valence-corrected chi connectivity index (χ3v) is 2.84. The van der Waals surface area contributed by atoms with Crippen LogP contribution in [0.2, 0.25) is 0 Å². The molecule has 1 fully saturated rings. The summed E-state index contributed by atoms with van der Waals surface area (Å²) in [6.45, 7) is 2.87. The van der Waals surface area contributed by atoms with E-state index in [0.717, 1.165) is 12.8 Å². The lowest BCUT2D eigenvalue weighted by atomic mass is 10.1. The van der Waals surface area contributed by atoms with E-state index in [4.69, 9.17) is 5.11 Å². The zero-order chi connectivity index (χ0) is 12.0. The molecule has 1 atom stereocenters. The standard InChI is InChI=1S/C11H20N2O3/c1-2-9(5-7-14)12-10(15)8-13-6-3-4-11(13)16/h9,14H,2-8H2,1H3,(H,12,15). The van der Waals surface area contributed by atoms with E-state index >= 15 is 0 Å². The monoisotopic (exact) mass is 228 g/mol. The lowest BCUT2D eigenvalue weighted by molar-refractivity contribution is -0.133. The second-order valence-electron chi connectivity index (χ2n) is 4.10. The lowest BCUT2D eigenvalue weighted by Crippen LogP contribution is -2.42. The first kappa shape index (κ1) is 13.0. The Kier molecular flexibility index (Phi) is 5.25. The summed E-state index contributed by atoms with van der Waals surface area (Å²) in [6.07, 6.45) is 2.76. The molecule has 2 amide bonds. The van der Waals surface area contributed by atoms with Gasteiger partial charge in [-0.2, -0.15) is 0 Å². The summed E-state index contributed by atoms with van der Waals surface area (Å²) < 4.78 is 0. The minimum absolute atomic E-state index is 0.00945. The summed E-state index contributed by atoms with van der Waals surface area (Å²) in [5.41, 5.74) is 0. The Morgan fingerprint density at radius 2 is 2.38 bits per heavy atom. The van der Waals surface area contributed by atoms with Crippen LogP contribution >= 0.6 is 0 Å². The number of nitrogens with one attached hydrogen (secondary N) is 1. The molecule has 5 nitrogen and oxygen atoms in total. The molecule has 5 heteroatoms. The van der Waals surface area contributed by atoms with Gasteiger partial charge in [0, 0.05) is 25.6 Å². The van der Waals surface area contributed by atoms with E-state index in [9.17, 15) is 9.59 Å². The number of aliphatic hydroxyl groups is 1. The van der Waals surface area contributed by atoms with Crippen molar-refractivity contribution >= 4 is 11.8 Å². The van der Waals surface area contributed by atoms with Crippen LogP contribution in [0.5, 0.6) is 0 Å². The number of aliphatic hydroxyl groups excluding tert-OH is 1. The van der Waals surface area contributed by atoms with Gasteiger partial charge in [-0.15, -0.1) is 0 Å². The smallest absolute Gasteiger partial charge is 0.239 e. The van der Waals surface area contributed by atoms with Gasteiger partial charge in [0.2, 0.25) is 11.8 Å². The molecule has 0 radical (unpaired) electrons. The second kappa shape index (κ2) is 6.48. The Morgan fingerprint density at radius 1 is 1.62 bits per heavy atom. The van der Waals surface area contributed by atoms with Crippen molar-refractivity contribution in [2.24, 2.45) is 0 Å². The third-order valence-electron chi connectivity index (χ3n) is 2.84. The van der Waals surface area contributed by atoms with Crippen molar-refractivity contribution in [3.05, 3.63) is 0 Å². The van der Waals surface area contributed by atoms with Gasteiger partial charge in [0.1, 0.15) is 0 Å². The van der Waals surface area contributed by atoms with E-state index in [2.05, 4.69) is 5.32 Å².